The Morgan fingerprint density at radius 1 is 0.850 bits per heavy atom. The molecule has 1 rings (SSSR count). The SMILES string of the molecule is CC(C)C(N)C(=O)NC(Cc1ccc(O)cc1)C(=O)NC(CCCCN)C(=O)NC(CCCN=C(N)N)C(=O)O. The van der Waals surface area contributed by atoms with Gasteiger partial charge < -0.3 is 49.1 Å². The molecule has 4 atom stereocenters. The fourth-order valence-corrected chi connectivity index (χ4v) is 3.71. The first-order valence-corrected chi connectivity index (χ1v) is 13.3. The Morgan fingerprint density at radius 3 is 1.95 bits per heavy atom. The number of aromatic hydroxyl groups is 1. The number of rotatable bonds is 18. The predicted molar refractivity (Wildman–Crippen MR) is 151 cm³/mol. The molecule has 40 heavy (non-hydrogen) atoms. The number of carboxylic acids is 1. The molecule has 0 aliphatic heterocycles. The zero-order chi connectivity index (χ0) is 30.2. The number of aliphatic carboxylic acids is 1. The molecule has 3 amide bonds. The van der Waals surface area contributed by atoms with Crippen molar-refractivity contribution in [2.24, 2.45) is 33.8 Å². The van der Waals surface area contributed by atoms with Crippen molar-refractivity contribution in [1.29, 1.82) is 0 Å². The zero-order valence-electron chi connectivity index (χ0n) is 23.1. The van der Waals surface area contributed by atoms with Crippen molar-refractivity contribution in [3.8, 4) is 5.75 Å². The van der Waals surface area contributed by atoms with Crippen LogP contribution in [0.1, 0.15) is 51.5 Å². The molecule has 0 aliphatic carbocycles. The maximum atomic E-state index is 13.4. The molecule has 0 spiro atoms. The normalized spacial score (nSPS) is 13.9. The molecule has 0 aliphatic rings. The molecule has 0 fully saturated rings. The summed E-state index contributed by atoms with van der Waals surface area (Å²) in [6, 6.07) is 1.84. The summed E-state index contributed by atoms with van der Waals surface area (Å²) in [7, 11) is 0. The molecule has 0 saturated heterocycles. The minimum atomic E-state index is -1.25. The van der Waals surface area contributed by atoms with E-state index < -0.39 is 47.9 Å². The van der Waals surface area contributed by atoms with Crippen molar-refractivity contribution in [3.63, 3.8) is 0 Å². The van der Waals surface area contributed by atoms with Gasteiger partial charge in [0, 0.05) is 13.0 Å². The largest absolute Gasteiger partial charge is 0.508 e. The van der Waals surface area contributed by atoms with Gasteiger partial charge >= 0.3 is 5.97 Å². The van der Waals surface area contributed by atoms with Gasteiger partial charge in [-0.1, -0.05) is 26.0 Å². The quantitative estimate of drug-likeness (QED) is 0.0574. The summed E-state index contributed by atoms with van der Waals surface area (Å²) in [4.78, 5) is 54.8. The van der Waals surface area contributed by atoms with Gasteiger partial charge in [-0.3, -0.25) is 19.4 Å². The van der Waals surface area contributed by atoms with Crippen LogP contribution in [0.25, 0.3) is 0 Å². The third kappa shape index (κ3) is 12.8. The molecule has 4 unspecified atom stereocenters. The number of hydrogen-bond donors (Lipinski definition) is 9. The smallest absolute Gasteiger partial charge is 0.326 e. The number of phenolic OH excluding ortho intramolecular Hbond substituents is 1. The highest BCUT2D eigenvalue weighted by molar-refractivity contribution is 5.94. The molecular formula is C26H44N8O6. The van der Waals surface area contributed by atoms with Crippen molar-refractivity contribution in [2.45, 2.75) is 76.5 Å². The van der Waals surface area contributed by atoms with E-state index in [-0.39, 0.29) is 43.4 Å². The third-order valence-corrected chi connectivity index (χ3v) is 6.17. The van der Waals surface area contributed by atoms with Crippen LogP contribution in [0.2, 0.25) is 0 Å². The summed E-state index contributed by atoms with van der Waals surface area (Å²) < 4.78 is 0. The average molecular weight is 565 g/mol. The van der Waals surface area contributed by atoms with Gasteiger partial charge in [0.1, 0.15) is 23.9 Å². The first-order valence-electron chi connectivity index (χ1n) is 13.3. The van der Waals surface area contributed by atoms with Gasteiger partial charge in [0.2, 0.25) is 17.7 Å². The van der Waals surface area contributed by atoms with E-state index in [4.69, 9.17) is 22.9 Å². The van der Waals surface area contributed by atoms with E-state index >= 15 is 0 Å². The van der Waals surface area contributed by atoms with Gasteiger partial charge in [-0.05, 0) is 62.3 Å². The number of carbonyl (C=O) groups is 4. The van der Waals surface area contributed by atoms with E-state index in [1.165, 1.54) is 12.1 Å². The van der Waals surface area contributed by atoms with Crippen LogP contribution in [-0.2, 0) is 25.6 Å². The van der Waals surface area contributed by atoms with Gasteiger partial charge in [0.05, 0.1) is 6.04 Å². The van der Waals surface area contributed by atoms with Crippen molar-refractivity contribution in [3.05, 3.63) is 29.8 Å². The molecular weight excluding hydrogens is 520 g/mol. The first-order chi connectivity index (χ1) is 18.8. The highest BCUT2D eigenvalue weighted by Gasteiger charge is 2.30. The predicted octanol–water partition coefficient (Wildman–Crippen LogP) is -1.36. The number of unbranched alkanes of at least 4 members (excludes halogenated alkanes) is 1. The Labute approximate surface area is 234 Å². The van der Waals surface area contributed by atoms with E-state index in [2.05, 4.69) is 20.9 Å². The monoisotopic (exact) mass is 564 g/mol. The highest BCUT2D eigenvalue weighted by Crippen LogP contribution is 2.13. The molecule has 1 aromatic carbocycles. The molecule has 0 heterocycles. The number of phenols is 1. The fraction of sp³-hybridized carbons (Fsp3) is 0.577. The summed E-state index contributed by atoms with van der Waals surface area (Å²) in [6.45, 7) is 4.11. The van der Waals surface area contributed by atoms with Crippen LogP contribution in [0.3, 0.4) is 0 Å². The molecule has 0 saturated carbocycles. The number of nitrogens with two attached hydrogens (primary N) is 4. The number of amides is 3. The van der Waals surface area contributed by atoms with Crippen LogP contribution in [0, 0.1) is 5.92 Å². The summed E-state index contributed by atoms with van der Waals surface area (Å²) in [6.07, 6.45) is 1.69. The fourth-order valence-electron chi connectivity index (χ4n) is 3.71. The zero-order valence-corrected chi connectivity index (χ0v) is 23.1. The second-order valence-corrected chi connectivity index (χ2v) is 9.90. The molecule has 14 heteroatoms. The lowest BCUT2D eigenvalue weighted by molar-refractivity contribution is -0.142. The number of nitrogens with zero attached hydrogens (tertiary/aromatic N) is 1. The van der Waals surface area contributed by atoms with Crippen LogP contribution in [0.15, 0.2) is 29.3 Å². The molecule has 0 bridgehead atoms. The van der Waals surface area contributed by atoms with E-state index in [0.717, 1.165) is 0 Å². The number of nitrogens with one attached hydrogen (secondary N) is 3. The Morgan fingerprint density at radius 2 is 1.40 bits per heavy atom. The third-order valence-electron chi connectivity index (χ3n) is 6.17. The van der Waals surface area contributed by atoms with E-state index in [1.807, 2.05) is 0 Å². The van der Waals surface area contributed by atoms with Crippen molar-refractivity contribution in [1.82, 2.24) is 16.0 Å². The summed E-state index contributed by atoms with van der Waals surface area (Å²) in [5, 5.41) is 27.0. The van der Waals surface area contributed by atoms with Crippen LogP contribution in [0.4, 0.5) is 0 Å². The number of hydrogen-bond acceptors (Lipinski definition) is 8. The maximum Gasteiger partial charge on any atom is 0.326 e. The van der Waals surface area contributed by atoms with Gasteiger partial charge in [-0.15, -0.1) is 0 Å². The van der Waals surface area contributed by atoms with Gasteiger partial charge in [0.15, 0.2) is 5.96 Å². The first kappa shape index (κ1) is 34.1. The Balaban J connectivity index is 3.10. The van der Waals surface area contributed by atoms with Crippen LogP contribution >= 0.6 is 0 Å². The van der Waals surface area contributed by atoms with Crippen molar-refractivity contribution < 1.29 is 29.4 Å². The highest BCUT2D eigenvalue weighted by atomic mass is 16.4. The Hall–Kier alpha value is -3.91. The molecule has 14 nitrogen and oxygen atoms in total. The van der Waals surface area contributed by atoms with Crippen molar-refractivity contribution >= 4 is 29.7 Å². The van der Waals surface area contributed by atoms with Crippen LogP contribution < -0.4 is 38.9 Å². The number of guanidine groups is 1. The minimum Gasteiger partial charge on any atom is -0.508 e. The number of carbonyl (C=O) groups excluding carboxylic acids is 3. The van der Waals surface area contributed by atoms with Crippen LogP contribution in [-0.4, -0.2) is 77.1 Å². The van der Waals surface area contributed by atoms with Crippen molar-refractivity contribution in [2.75, 3.05) is 13.1 Å². The molecule has 0 aromatic heterocycles. The topological polar surface area (TPSA) is 261 Å². The van der Waals surface area contributed by atoms with E-state index in [9.17, 15) is 29.4 Å². The lowest BCUT2D eigenvalue weighted by Gasteiger charge is -2.26. The van der Waals surface area contributed by atoms with E-state index in [0.29, 0.717) is 31.4 Å². The van der Waals surface area contributed by atoms with Gasteiger partial charge in [-0.25, -0.2) is 4.79 Å². The number of benzene rings is 1. The molecule has 13 N–H and O–H groups in total. The van der Waals surface area contributed by atoms with Gasteiger partial charge in [-0.2, -0.15) is 0 Å². The molecule has 1 aromatic rings. The minimum absolute atomic E-state index is 0.0403. The number of carboxylic acid groups (broad SMARTS) is 1. The Kier molecular flexibility index (Phi) is 15.0. The lowest BCUT2D eigenvalue weighted by atomic mass is 10.0. The molecule has 224 valence electrons. The van der Waals surface area contributed by atoms with E-state index in [1.54, 1.807) is 26.0 Å². The second kappa shape index (κ2) is 17.6. The standard InChI is InChI=1S/C26H44N8O6/c1-15(2)21(28)24(38)34-20(14-16-8-10-17(35)11-9-16)23(37)32-18(6-3-4-12-27)22(36)33-19(25(39)40)7-5-13-31-26(29)30/h8-11,15,18-21,35H,3-7,12-14,27-28H2,1-2H3,(H,32,37)(H,33,36)(H,34,38)(H,39,40)(H4,29,30,31). The second-order valence-electron chi connectivity index (χ2n) is 9.90. The lowest BCUT2D eigenvalue weighted by Crippen LogP contribution is -2.58. The van der Waals surface area contributed by atoms with Crippen LogP contribution in [0.5, 0.6) is 5.75 Å². The maximum absolute atomic E-state index is 13.4. The summed E-state index contributed by atoms with van der Waals surface area (Å²) in [5.41, 5.74) is 22.8. The molecule has 0 radical (unpaired) electrons. The summed E-state index contributed by atoms with van der Waals surface area (Å²) in [5.74, 6) is -3.39. The van der Waals surface area contributed by atoms with Gasteiger partial charge in [0.25, 0.3) is 0 Å². The summed E-state index contributed by atoms with van der Waals surface area (Å²) >= 11 is 0. The Bertz CT molecular complexity index is 997. The average Bonchev–Trinajstić information content (AvgIpc) is 2.89. The number of aliphatic imine (C=N–C) groups is 1.